The summed E-state index contributed by atoms with van der Waals surface area (Å²) in [6, 6.07) is 19.0. The molecule has 0 fully saturated rings. The largest absolute Gasteiger partial charge is 0.465 e. The molecule has 2 aromatic carbocycles. The van der Waals surface area contributed by atoms with Gasteiger partial charge in [-0.3, -0.25) is 10.1 Å². The van der Waals surface area contributed by atoms with Crippen molar-refractivity contribution in [1.82, 2.24) is 4.98 Å². The van der Waals surface area contributed by atoms with Crippen molar-refractivity contribution in [1.29, 1.82) is 0 Å². The SMILES string of the molecule is COC(=O)c1ccc(-c2cccc(/C=C/c3ccc([N+](=O)[O-])cc3)n2)cc1. The number of ether oxygens (including phenoxy) is 1. The fraction of sp³-hybridized carbons (Fsp3) is 0.0476. The van der Waals surface area contributed by atoms with Crippen LogP contribution < -0.4 is 0 Å². The number of nitrogens with zero attached hydrogens (tertiary/aromatic N) is 2. The summed E-state index contributed by atoms with van der Waals surface area (Å²) in [5.41, 5.74) is 3.79. The predicted octanol–water partition coefficient (Wildman–Crippen LogP) is 4.61. The van der Waals surface area contributed by atoms with Crippen molar-refractivity contribution >= 4 is 23.8 Å². The molecule has 27 heavy (non-hydrogen) atoms. The van der Waals surface area contributed by atoms with E-state index < -0.39 is 4.92 Å². The quantitative estimate of drug-likeness (QED) is 0.377. The van der Waals surface area contributed by atoms with E-state index in [2.05, 4.69) is 4.98 Å². The van der Waals surface area contributed by atoms with Crippen molar-refractivity contribution < 1.29 is 14.5 Å². The number of hydrogen-bond acceptors (Lipinski definition) is 5. The van der Waals surface area contributed by atoms with Crippen LogP contribution in [0.5, 0.6) is 0 Å². The smallest absolute Gasteiger partial charge is 0.337 e. The Balaban J connectivity index is 1.79. The van der Waals surface area contributed by atoms with Crippen molar-refractivity contribution in [3.8, 4) is 11.3 Å². The molecule has 0 aliphatic rings. The van der Waals surface area contributed by atoms with Gasteiger partial charge in [0.25, 0.3) is 5.69 Å². The number of nitro benzene ring substituents is 1. The van der Waals surface area contributed by atoms with Crippen LogP contribution in [0.25, 0.3) is 23.4 Å². The highest BCUT2D eigenvalue weighted by Gasteiger charge is 2.06. The molecular formula is C21H16N2O4. The molecule has 1 aromatic heterocycles. The van der Waals surface area contributed by atoms with Crippen molar-refractivity contribution in [3.05, 3.63) is 93.7 Å². The molecule has 0 atom stereocenters. The lowest BCUT2D eigenvalue weighted by molar-refractivity contribution is -0.384. The molecule has 0 spiro atoms. The molecule has 6 heteroatoms. The van der Waals surface area contributed by atoms with Gasteiger partial charge in [-0.2, -0.15) is 0 Å². The minimum absolute atomic E-state index is 0.0580. The number of methoxy groups -OCH3 is 1. The molecule has 0 radical (unpaired) electrons. The van der Waals surface area contributed by atoms with E-state index in [1.54, 1.807) is 24.3 Å². The zero-order valence-corrected chi connectivity index (χ0v) is 14.5. The standard InChI is InChI=1S/C21H16N2O4/c1-27-21(24)17-10-8-16(9-11-17)20-4-2-3-18(22-20)12-5-15-6-13-19(14-7-15)23(25)26/h2-14H,1H3/b12-5+. The monoisotopic (exact) mass is 360 g/mol. The maximum atomic E-state index is 11.5. The third-order valence-electron chi connectivity index (χ3n) is 3.92. The number of hydrogen-bond donors (Lipinski definition) is 0. The third kappa shape index (κ3) is 4.43. The Morgan fingerprint density at radius 1 is 1.00 bits per heavy atom. The van der Waals surface area contributed by atoms with Gasteiger partial charge in [0.05, 0.1) is 29.0 Å². The van der Waals surface area contributed by atoms with E-state index in [-0.39, 0.29) is 11.7 Å². The average molecular weight is 360 g/mol. The zero-order valence-electron chi connectivity index (χ0n) is 14.5. The van der Waals surface area contributed by atoms with Crippen molar-refractivity contribution in [2.24, 2.45) is 0 Å². The summed E-state index contributed by atoms with van der Waals surface area (Å²) in [6.07, 6.45) is 3.68. The number of non-ortho nitro benzene ring substituents is 1. The van der Waals surface area contributed by atoms with Gasteiger partial charge in [-0.05, 0) is 48.0 Å². The van der Waals surface area contributed by atoms with E-state index in [4.69, 9.17) is 4.74 Å². The fourth-order valence-electron chi connectivity index (χ4n) is 2.49. The lowest BCUT2D eigenvalue weighted by Gasteiger charge is -2.04. The van der Waals surface area contributed by atoms with Crippen molar-refractivity contribution in [3.63, 3.8) is 0 Å². The highest BCUT2D eigenvalue weighted by atomic mass is 16.6. The topological polar surface area (TPSA) is 82.3 Å². The predicted molar refractivity (Wildman–Crippen MR) is 103 cm³/mol. The number of carbonyl (C=O) groups excluding carboxylic acids is 1. The second-order valence-electron chi connectivity index (χ2n) is 5.70. The molecule has 134 valence electrons. The molecule has 0 bridgehead atoms. The summed E-state index contributed by atoms with van der Waals surface area (Å²) in [5, 5.41) is 10.7. The number of esters is 1. The van der Waals surface area contributed by atoms with E-state index in [1.165, 1.54) is 19.2 Å². The minimum atomic E-state index is -0.427. The van der Waals surface area contributed by atoms with Gasteiger partial charge in [0.15, 0.2) is 0 Å². The van der Waals surface area contributed by atoms with Crippen LogP contribution in [0.15, 0.2) is 66.7 Å². The Labute approximate surface area is 155 Å². The number of nitro groups is 1. The molecule has 0 amide bonds. The molecular weight excluding hydrogens is 344 g/mol. The van der Waals surface area contributed by atoms with E-state index in [1.807, 2.05) is 42.5 Å². The van der Waals surface area contributed by atoms with Gasteiger partial charge in [0.1, 0.15) is 0 Å². The Morgan fingerprint density at radius 3 is 2.33 bits per heavy atom. The number of aromatic nitrogens is 1. The summed E-state index contributed by atoms with van der Waals surface area (Å²) >= 11 is 0. The third-order valence-corrected chi connectivity index (χ3v) is 3.92. The average Bonchev–Trinajstić information content (AvgIpc) is 2.72. The first kappa shape index (κ1) is 18.0. The maximum absolute atomic E-state index is 11.5. The Kier molecular flexibility index (Phi) is 5.37. The second-order valence-corrected chi connectivity index (χ2v) is 5.70. The molecule has 6 nitrogen and oxygen atoms in total. The van der Waals surface area contributed by atoms with Crippen LogP contribution >= 0.6 is 0 Å². The van der Waals surface area contributed by atoms with Gasteiger partial charge in [0, 0.05) is 17.7 Å². The molecule has 1 heterocycles. The highest BCUT2D eigenvalue weighted by molar-refractivity contribution is 5.89. The Morgan fingerprint density at radius 2 is 1.70 bits per heavy atom. The van der Waals surface area contributed by atoms with Crippen molar-refractivity contribution in [2.75, 3.05) is 7.11 Å². The van der Waals surface area contributed by atoms with Crippen LogP contribution in [-0.2, 0) is 4.74 Å². The normalized spacial score (nSPS) is 10.7. The number of carbonyl (C=O) groups is 1. The minimum Gasteiger partial charge on any atom is -0.465 e. The summed E-state index contributed by atoms with van der Waals surface area (Å²) in [6.45, 7) is 0. The van der Waals surface area contributed by atoms with Gasteiger partial charge in [0.2, 0.25) is 0 Å². The fourth-order valence-corrected chi connectivity index (χ4v) is 2.49. The van der Waals surface area contributed by atoms with E-state index in [0.717, 1.165) is 22.5 Å². The molecule has 0 aliphatic heterocycles. The van der Waals surface area contributed by atoms with E-state index in [0.29, 0.717) is 5.56 Å². The number of benzene rings is 2. The van der Waals surface area contributed by atoms with Crippen LogP contribution in [0.1, 0.15) is 21.6 Å². The van der Waals surface area contributed by atoms with Gasteiger partial charge >= 0.3 is 5.97 Å². The van der Waals surface area contributed by atoms with Gasteiger partial charge in [-0.15, -0.1) is 0 Å². The van der Waals surface area contributed by atoms with E-state index >= 15 is 0 Å². The zero-order chi connectivity index (χ0) is 19.2. The summed E-state index contributed by atoms with van der Waals surface area (Å²) in [7, 11) is 1.35. The highest BCUT2D eigenvalue weighted by Crippen LogP contribution is 2.19. The molecule has 0 saturated heterocycles. The van der Waals surface area contributed by atoms with Crippen LogP contribution in [0.2, 0.25) is 0 Å². The lowest BCUT2D eigenvalue weighted by atomic mass is 10.1. The number of pyridine rings is 1. The van der Waals surface area contributed by atoms with Gasteiger partial charge < -0.3 is 4.74 Å². The molecule has 0 aliphatic carbocycles. The lowest BCUT2D eigenvalue weighted by Crippen LogP contribution is -2.00. The van der Waals surface area contributed by atoms with Crippen LogP contribution in [0.4, 0.5) is 5.69 Å². The molecule has 0 saturated carbocycles. The maximum Gasteiger partial charge on any atom is 0.337 e. The molecule has 3 rings (SSSR count). The summed E-state index contributed by atoms with van der Waals surface area (Å²) < 4.78 is 4.69. The Hall–Kier alpha value is -3.80. The van der Waals surface area contributed by atoms with Crippen molar-refractivity contribution in [2.45, 2.75) is 0 Å². The van der Waals surface area contributed by atoms with Gasteiger partial charge in [-0.1, -0.05) is 24.3 Å². The first-order valence-electron chi connectivity index (χ1n) is 8.15. The van der Waals surface area contributed by atoms with Gasteiger partial charge in [-0.25, -0.2) is 9.78 Å². The molecule has 0 unspecified atom stereocenters. The van der Waals surface area contributed by atoms with Crippen LogP contribution in [0, 0.1) is 10.1 Å². The summed E-state index contributed by atoms with van der Waals surface area (Å²) in [4.78, 5) is 26.4. The Bertz CT molecular complexity index is 993. The molecule has 3 aromatic rings. The second kappa shape index (κ2) is 8.05. The molecule has 0 N–H and O–H groups in total. The number of rotatable bonds is 5. The first-order chi connectivity index (χ1) is 13.1. The first-order valence-corrected chi connectivity index (χ1v) is 8.15. The van der Waals surface area contributed by atoms with Crippen LogP contribution in [0.3, 0.4) is 0 Å². The summed E-state index contributed by atoms with van der Waals surface area (Å²) in [5.74, 6) is -0.380. The van der Waals surface area contributed by atoms with E-state index in [9.17, 15) is 14.9 Å². The van der Waals surface area contributed by atoms with Crippen LogP contribution in [-0.4, -0.2) is 23.0 Å².